The number of carbonyl (C=O) groups is 1. The normalized spacial score (nSPS) is 14.0. The minimum absolute atomic E-state index is 0.0791. The highest BCUT2D eigenvalue weighted by Crippen LogP contribution is 2.40. The van der Waals surface area contributed by atoms with Gasteiger partial charge in [-0.15, -0.1) is 0 Å². The number of benzene rings is 1. The molecule has 1 aromatic heterocycles. The second-order valence-corrected chi connectivity index (χ2v) is 5.63. The molecule has 0 spiro atoms. The van der Waals surface area contributed by atoms with Gasteiger partial charge in [0.25, 0.3) is 0 Å². The zero-order valence-electron chi connectivity index (χ0n) is 13.2. The Morgan fingerprint density at radius 2 is 2.13 bits per heavy atom. The summed E-state index contributed by atoms with van der Waals surface area (Å²) >= 11 is 0. The standard InChI is InChI=1S/C17H21N3O3/c1-22-9-8-18-11-16(21)20-14-6-4-12(5-7-14)15-10-19-17(23-15)13-2-3-13/h4-7,10,13,18H,2-3,8-9,11H2,1H3,(H,20,21). The van der Waals surface area contributed by atoms with Crippen molar-refractivity contribution in [2.24, 2.45) is 0 Å². The quantitative estimate of drug-likeness (QED) is 0.732. The summed E-state index contributed by atoms with van der Waals surface area (Å²) in [5.41, 5.74) is 1.72. The number of anilines is 1. The lowest BCUT2D eigenvalue weighted by atomic mass is 10.2. The molecule has 1 heterocycles. The van der Waals surface area contributed by atoms with Crippen LogP contribution >= 0.6 is 0 Å². The summed E-state index contributed by atoms with van der Waals surface area (Å²) < 4.78 is 10.7. The van der Waals surface area contributed by atoms with E-state index >= 15 is 0 Å². The lowest BCUT2D eigenvalue weighted by Crippen LogP contribution is -2.30. The fourth-order valence-corrected chi connectivity index (χ4v) is 2.24. The summed E-state index contributed by atoms with van der Waals surface area (Å²) in [6.07, 6.45) is 4.10. The predicted octanol–water partition coefficient (Wildman–Crippen LogP) is 2.39. The Bertz CT molecular complexity index is 647. The number of hydrogen-bond donors (Lipinski definition) is 2. The zero-order valence-corrected chi connectivity index (χ0v) is 13.2. The smallest absolute Gasteiger partial charge is 0.238 e. The van der Waals surface area contributed by atoms with Gasteiger partial charge in [-0.1, -0.05) is 0 Å². The monoisotopic (exact) mass is 315 g/mol. The number of amides is 1. The highest BCUT2D eigenvalue weighted by Gasteiger charge is 2.28. The van der Waals surface area contributed by atoms with Crippen molar-refractivity contribution in [2.75, 3.05) is 32.1 Å². The molecule has 23 heavy (non-hydrogen) atoms. The third-order valence-corrected chi connectivity index (χ3v) is 3.67. The van der Waals surface area contributed by atoms with Crippen molar-refractivity contribution in [1.29, 1.82) is 0 Å². The van der Waals surface area contributed by atoms with Gasteiger partial charge in [0.15, 0.2) is 11.7 Å². The Hall–Kier alpha value is -2.18. The fourth-order valence-electron chi connectivity index (χ4n) is 2.24. The fraction of sp³-hybridized carbons (Fsp3) is 0.412. The van der Waals surface area contributed by atoms with Crippen LogP contribution in [0.5, 0.6) is 0 Å². The molecule has 2 N–H and O–H groups in total. The Kier molecular flexibility index (Phi) is 5.05. The van der Waals surface area contributed by atoms with E-state index in [0.717, 1.165) is 22.9 Å². The first-order valence-electron chi connectivity index (χ1n) is 7.82. The van der Waals surface area contributed by atoms with Crippen molar-refractivity contribution in [2.45, 2.75) is 18.8 Å². The number of rotatable bonds is 8. The molecule has 122 valence electrons. The molecule has 6 nitrogen and oxygen atoms in total. The molecule has 0 unspecified atom stereocenters. The van der Waals surface area contributed by atoms with E-state index in [1.165, 1.54) is 12.8 Å². The van der Waals surface area contributed by atoms with Gasteiger partial charge < -0.3 is 19.8 Å². The zero-order chi connectivity index (χ0) is 16.1. The average Bonchev–Trinajstić information content (AvgIpc) is 3.30. The molecular formula is C17H21N3O3. The van der Waals surface area contributed by atoms with Crippen molar-refractivity contribution in [3.8, 4) is 11.3 Å². The molecule has 1 amide bonds. The summed E-state index contributed by atoms with van der Waals surface area (Å²) in [7, 11) is 1.63. The van der Waals surface area contributed by atoms with Crippen LogP contribution in [0.2, 0.25) is 0 Å². The SMILES string of the molecule is COCCNCC(=O)Nc1ccc(-c2cnc(C3CC3)o2)cc1. The van der Waals surface area contributed by atoms with Gasteiger partial charge >= 0.3 is 0 Å². The second kappa shape index (κ2) is 7.39. The van der Waals surface area contributed by atoms with Crippen molar-refractivity contribution in [3.05, 3.63) is 36.4 Å². The molecule has 0 saturated heterocycles. The minimum Gasteiger partial charge on any atom is -0.440 e. The molecule has 3 rings (SSSR count). The molecule has 1 aromatic carbocycles. The van der Waals surface area contributed by atoms with Crippen LogP contribution in [-0.4, -0.2) is 37.7 Å². The largest absolute Gasteiger partial charge is 0.440 e. The van der Waals surface area contributed by atoms with E-state index in [1.54, 1.807) is 13.3 Å². The first-order valence-corrected chi connectivity index (χ1v) is 7.82. The molecule has 0 aliphatic heterocycles. The maximum Gasteiger partial charge on any atom is 0.238 e. The maximum absolute atomic E-state index is 11.8. The Labute approximate surface area is 135 Å². The molecule has 0 radical (unpaired) electrons. The molecule has 0 atom stereocenters. The molecule has 1 saturated carbocycles. The van der Waals surface area contributed by atoms with E-state index < -0.39 is 0 Å². The average molecular weight is 315 g/mol. The number of aromatic nitrogens is 1. The van der Waals surface area contributed by atoms with Gasteiger partial charge in [-0.25, -0.2) is 4.98 Å². The predicted molar refractivity (Wildman–Crippen MR) is 87.3 cm³/mol. The molecule has 0 bridgehead atoms. The lowest BCUT2D eigenvalue weighted by Gasteiger charge is -2.07. The van der Waals surface area contributed by atoms with E-state index in [1.807, 2.05) is 24.3 Å². The van der Waals surface area contributed by atoms with Gasteiger partial charge in [0.1, 0.15) is 0 Å². The number of nitrogens with one attached hydrogen (secondary N) is 2. The van der Waals surface area contributed by atoms with Crippen LogP contribution in [0.3, 0.4) is 0 Å². The van der Waals surface area contributed by atoms with E-state index in [9.17, 15) is 4.79 Å². The number of methoxy groups -OCH3 is 1. The second-order valence-electron chi connectivity index (χ2n) is 5.63. The molecule has 6 heteroatoms. The maximum atomic E-state index is 11.8. The number of nitrogens with zero attached hydrogens (tertiary/aromatic N) is 1. The van der Waals surface area contributed by atoms with Crippen LogP contribution in [0.15, 0.2) is 34.9 Å². The van der Waals surface area contributed by atoms with E-state index in [-0.39, 0.29) is 12.5 Å². The van der Waals surface area contributed by atoms with Crippen LogP contribution in [0.4, 0.5) is 5.69 Å². The van der Waals surface area contributed by atoms with Crippen LogP contribution in [0.1, 0.15) is 24.7 Å². The minimum atomic E-state index is -0.0791. The number of carbonyl (C=O) groups excluding carboxylic acids is 1. The summed E-state index contributed by atoms with van der Waals surface area (Å²) in [6.45, 7) is 1.50. The van der Waals surface area contributed by atoms with Crippen molar-refractivity contribution >= 4 is 11.6 Å². The van der Waals surface area contributed by atoms with E-state index in [2.05, 4.69) is 15.6 Å². The summed E-state index contributed by atoms with van der Waals surface area (Å²) in [5, 5.41) is 5.84. The van der Waals surface area contributed by atoms with Crippen molar-refractivity contribution in [1.82, 2.24) is 10.3 Å². The Balaban J connectivity index is 1.52. The van der Waals surface area contributed by atoms with Crippen molar-refractivity contribution in [3.63, 3.8) is 0 Å². The van der Waals surface area contributed by atoms with Crippen LogP contribution < -0.4 is 10.6 Å². The molecule has 2 aromatic rings. The van der Waals surface area contributed by atoms with Gasteiger partial charge in [-0.2, -0.15) is 0 Å². The highest BCUT2D eigenvalue weighted by atomic mass is 16.5. The van der Waals surface area contributed by atoms with Gasteiger partial charge in [0.05, 0.1) is 19.3 Å². The lowest BCUT2D eigenvalue weighted by molar-refractivity contribution is -0.115. The first-order chi connectivity index (χ1) is 11.3. The Morgan fingerprint density at radius 1 is 1.35 bits per heavy atom. The van der Waals surface area contributed by atoms with Gasteiger partial charge in [0.2, 0.25) is 5.91 Å². The highest BCUT2D eigenvalue weighted by molar-refractivity contribution is 5.92. The molecular weight excluding hydrogens is 294 g/mol. The molecule has 1 aliphatic carbocycles. The molecule has 1 fully saturated rings. The van der Waals surface area contributed by atoms with Crippen molar-refractivity contribution < 1.29 is 13.9 Å². The number of hydrogen-bond acceptors (Lipinski definition) is 5. The van der Waals surface area contributed by atoms with Crippen LogP contribution in [-0.2, 0) is 9.53 Å². The van der Waals surface area contributed by atoms with E-state index in [0.29, 0.717) is 19.1 Å². The van der Waals surface area contributed by atoms with Crippen LogP contribution in [0.25, 0.3) is 11.3 Å². The summed E-state index contributed by atoms with van der Waals surface area (Å²) in [6, 6.07) is 7.57. The topological polar surface area (TPSA) is 76.4 Å². The third kappa shape index (κ3) is 4.40. The third-order valence-electron chi connectivity index (χ3n) is 3.67. The summed E-state index contributed by atoms with van der Waals surface area (Å²) in [5.74, 6) is 2.03. The van der Waals surface area contributed by atoms with Crippen LogP contribution in [0, 0.1) is 0 Å². The number of oxazole rings is 1. The Morgan fingerprint density at radius 3 is 2.83 bits per heavy atom. The summed E-state index contributed by atoms with van der Waals surface area (Å²) in [4.78, 5) is 16.1. The van der Waals surface area contributed by atoms with Gasteiger partial charge in [-0.3, -0.25) is 4.79 Å². The van der Waals surface area contributed by atoms with Gasteiger partial charge in [0, 0.05) is 30.8 Å². The number of ether oxygens (including phenoxy) is 1. The molecule has 1 aliphatic rings. The van der Waals surface area contributed by atoms with Gasteiger partial charge in [-0.05, 0) is 37.1 Å². The first kappa shape index (κ1) is 15.7. The van der Waals surface area contributed by atoms with E-state index in [4.69, 9.17) is 9.15 Å².